The Balaban J connectivity index is 1.81. The van der Waals surface area contributed by atoms with Crippen LogP contribution in [0.1, 0.15) is 39.0 Å². The fourth-order valence-corrected chi connectivity index (χ4v) is 2.15. The SMILES string of the molecule is CCCN(CC1(CN)CC1)C1CC1. The zero-order chi connectivity index (χ0) is 9.31. The molecule has 2 saturated carbocycles. The van der Waals surface area contributed by atoms with E-state index in [4.69, 9.17) is 5.73 Å². The van der Waals surface area contributed by atoms with Gasteiger partial charge in [0.05, 0.1) is 0 Å². The number of hydrogen-bond donors (Lipinski definition) is 1. The van der Waals surface area contributed by atoms with Crippen LogP contribution in [0.3, 0.4) is 0 Å². The Labute approximate surface area is 81.5 Å². The standard InChI is InChI=1S/C11H22N2/c1-2-7-13(10-3-4-10)9-11(8-12)5-6-11/h10H,2-9,12H2,1H3. The average molecular weight is 182 g/mol. The number of rotatable bonds is 6. The van der Waals surface area contributed by atoms with Crippen molar-refractivity contribution >= 4 is 0 Å². The van der Waals surface area contributed by atoms with Crippen LogP contribution in [0, 0.1) is 5.41 Å². The van der Waals surface area contributed by atoms with Crippen LogP contribution in [0.5, 0.6) is 0 Å². The lowest BCUT2D eigenvalue weighted by atomic mass is 10.1. The molecular formula is C11H22N2. The Hall–Kier alpha value is -0.0800. The lowest BCUT2D eigenvalue weighted by Gasteiger charge is -2.26. The smallest absolute Gasteiger partial charge is 0.00966 e. The second kappa shape index (κ2) is 3.58. The van der Waals surface area contributed by atoms with Crippen molar-refractivity contribution < 1.29 is 0 Å². The fraction of sp³-hybridized carbons (Fsp3) is 1.00. The van der Waals surface area contributed by atoms with Crippen LogP contribution in [0.15, 0.2) is 0 Å². The highest BCUT2D eigenvalue weighted by molar-refractivity contribution is 4.99. The van der Waals surface area contributed by atoms with Gasteiger partial charge in [-0.15, -0.1) is 0 Å². The molecule has 0 aliphatic heterocycles. The maximum Gasteiger partial charge on any atom is 0.00966 e. The van der Waals surface area contributed by atoms with Crippen LogP contribution in [0.2, 0.25) is 0 Å². The Morgan fingerprint density at radius 1 is 1.38 bits per heavy atom. The summed E-state index contributed by atoms with van der Waals surface area (Å²) in [6, 6.07) is 0.920. The molecule has 0 aromatic rings. The molecule has 2 heteroatoms. The molecule has 0 saturated heterocycles. The maximum atomic E-state index is 5.81. The predicted molar refractivity (Wildman–Crippen MR) is 55.6 cm³/mol. The van der Waals surface area contributed by atoms with Gasteiger partial charge in [-0.2, -0.15) is 0 Å². The first-order valence-corrected chi connectivity index (χ1v) is 5.74. The van der Waals surface area contributed by atoms with Gasteiger partial charge in [0.25, 0.3) is 0 Å². The van der Waals surface area contributed by atoms with Gasteiger partial charge >= 0.3 is 0 Å². The van der Waals surface area contributed by atoms with E-state index in [9.17, 15) is 0 Å². The molecule has 2 nitrogen and oxygen atoms in total. The summed E-state index contributed by atoms with van der Waals surface area (Å²) in [6.45, 7) is 5.74. The highest BCUT2D eigenvalue weighted by atomic mass is 15.2. The van der Waals surface area contributed by atoms with Gasteiger partial charge in [0, 0.05) is 12.6 Å². The Bertz CT molecular complexity index is 171. The quantitative estimate of drug-likeness (QED) is 0.676. The molecule has 2 rings (SSSR count). The third-order valence-corrected chi connectivity index (χ3v) is 3.50. The summed E-state index contributed by atoms with van der Waals surface area (Å²) in [5, 5.41) is 0. The minimum absolute atomic E-state index is 0.539. The van der Waals surface area contributed by atoms with E-state index in [1.807, 2.05) is 0 Å². The highest BCUT2D eigenvalue weighted by Gasteiger charge is 2.44. The van der Waals surface area contributed by atoms with E-state index in [2.05, 4.69) is 11.8 Å². The molecule has 2 aliphatic rings. The lowest BCUT2D eigenvalue weighted by molar-refractivity contribution is 0.213. The van der Waals surface area contributed by atoms with Crippen LogP contribution in [0.4, 0.5) is 0 Å². The van der Waals surface area contributed by atoms with Gasteiger partial charge in [0.1, 0.15) is 0 Å². The van der Waals surface area contributed by atoms with E-state index >= 15 is 0 Å². The van der Waals surface area contributed by atoms with Crippen LogP contribution in [-0.2, 0) is 0 Å². The van der Waals surface area contributed by atoms with Gasteiger partial charge in [-0.3, -0.25) is 4.90 Å². The molecule has 2 N–H and O–H groups in total. The molecule has 2 fully saturated rings. The Morgan fingerprint density at radius 2 is 2.08 bits per heavy atom. The normalized spacial score (nSPS) is 25.2. The minimum atomic E-state index is 0.539. The van der Waals surface area contributed by atoms with Crippen molar-refractivity contribution in [1.82, 2.24) is 4.90 Å². The second-order valence-corrected chi connectivity index (χ2v) is 4.91. The molecule has 2 aliphatic carbocycles. The van der Waals surface area contributed by atoms with E-state index in [1.165, 1.54) is 45.2 Å². The summed E-state index contributed by atoms with van der Waals surface area (Å²) in [6.07, 6.45) is 6.89. The fourth-order valence-electron chi connectivity index (χ4n) is 2.15. The van der Waals surface area contributed by atoms with Gasteiger partial charge in [0.2, 0.25) is 0 Å². The molecule has 0 unspecified atom stereocenters. The molecular weight excluding hydrogens is 160 g/mol. The highest BCUT2D eigenvalue weighted by Crippen LogP contribution is 2.46. The largest absolute Gasteiger partial charge is 0.330 e. The van der Waals surface area contributed by atoms with Crippen molar-refractivity contribution in [2.45, 2.75) is 45.1 Å². The Morgan fingerprint density at radius 3 is 2.46 bits per heavy atom. The van der Waals surface area contributed by atoms with Gasteiger partial charge in [-0.1, -0.05) is 6.92 Å². The molecule has 13 heavy (non-hydrogen) atoms. The topological polar surface area (TPSA) is 29.3 Å². The van der Waals surface area contributed by atoms with Crippen LogP contribution in [-0.4, -0.2) is 30.6 Å². The van der Waals surface area contributed by atoms with Crippen LogP contribution < -0.4 is 5.73 Å². The average Bonchev–Trinajstić information content (AvgIpc) is 3.01. The lowest BCUT2D eigenvalue weighted by Crippen LogP contribution is -2.36. The van der Waals surface area contributed by atoms with Crippen LogP contribution in [0.25, 0.3) is 0 Å². The third-order valence-electron chi connectivity index (χ3n) is 3.50. The zero-order valence-corrected chi connectivity index (χ0v) is 8.76. The number of nitrogens with zero attached hydrogens (tertiary/aromatic N) is 1. The van der Waals surface area contributed by atoms with Gasteiger partial charge < -0.3 is 5.73 Å². The number of hydrogen-bond acceptors (Lipinski definition) is 2. The van der Waals surface area contributed by atoms with Gasteiger partial charge in [0.15, 0.2) is 0 Å². The monoisotopic (exact) mass is 182 g/mol. The molecule has 0 amide bonds. The first kappa shape index (κ1) is 9.47. The summed E-state index contributed by atoms with van der Waals surface area (Å²) in [5.74, 6) is 0. The molecule has 0 atom stereocenters. The molecule has 0 bridgehead atoms. The molecule has 0 radical (unpaired) electrons. The third kappa shape index (κ3) is 2.23. The van der Waals surface area contributed by atoms with Crippen LogP contribution >= 0.6 is 0 Å². The van der Waals surface area contributed by atoms with E-state index in [1.54, 1.807) is 0 Å². The van der Waals surface area contributed by atoms with E-state index in [0.717, 1.165) is 12.6 Å². The van der Waals surface area contributed by atoms with Crippen molar-refractivity contribution in [1.29, 1.82) is 0 Å². The molecule has 0 heterocycles. The summed E-state index contributed by atoms with van der Waals surface area (Å²) in [4.78, 5) is 2.68. The van der Waals surface area contributed by atoms with Gasteiger partial charge in [-0.05, 0) is 50.6 Å². The first-order valence-electron chi connectivity index (χ1n) is 5.74. The molecule has 0 aromatic carbocycles. The molecule has 76 valence electrons. The summed E-state index contributed by atoms with van der Waals surface area (Å²) in [7, 11) is 0. The molecule has 0 aromatic heterocycles. The van der Waals surface area contributed by atoms with E-state index in [-0.39, 0.29) is 0 Å². The van der Waals surface area contributed by atoms with Gasteiger partial charge in [-0.25, -0.2) is 0 Å². The summed E-state index contributed by atoms with van der Waals surface area (Å²) < 4.78 is 0. The first-order chi connectivity index (χ1) is 6.29. The van der Waals surface area contributed by atoms with E-state index in [0.29, 0.717) is 5.41 Å². The van der Waals surface area contributed by atoms with Crippen molar-refractivity contribution in [3.63, 3.8) is 0 Å². The second-order valence-electron chi connectivity index (χ2n) is 4.91. The minimum Gasteiger partial charge on any atom is -0.330 e. The Kier molecular flexibility index (Phi) is 2.61. The maximum absolute atomic E-state index is 5.81. The van der Waals surface area contributed by atoms with Crippen molar-refractivity contribution in [3.05, 3.63) is 0 Å². The number of nitrogens with two attached hydrogens (primary N) is 1. The summed E-state index contributed by atoms with van der Waals surface area (Å²) in [5.41, 5.74) is 6.35. The molecule has 0 spiro atoms. The van der Waals surface area contributed by atoms with Crippen molar-refractivity contribution in [2.75, 3.05) is 19.6 Å². The summed E-state index contributed by atoms with van der Waals surface area (Å²) >= 11 is 0. The van der Waals surface area contributed by atoms with Crippen molar-refractivity contribution in [3.8, 4) is 0 Å². The van der Waals surface area contributed by atoms with Crippen molar-refractivity contribution in [2.24, 2.45) is 11.1 Å². The zero-order valence-electron chi connectivity index (χ0n) is 8.76. The predicted octanol–water partition coefficient (Wildman–Crippen LogP) is 1.60. The van der Waals surface area contributed by atoms with E-state index < -0.39 is 0 Å².